The van der Waals surface area contributed by atoms with Gasteiger partial charge >= 0.3 is 0 Å². The number of benzene rings is 1. The van der Waals surface area contributed by atoms with E-state index in [9.17, 15) is 4.79 Å². The highest BCUT2D eigenvalue weighted by atomic mass is 127. The number of hydrogen-bond acceptors (Lipinski definition) is 3. The van der Waals surface area contributed by atoms with Crippen molar-refractivity contribution in [1.82, 2.24) is 5.32 Å². The maximum Gasteiger partial charge on any atom is 0.252 e. The average molecular weight is 464 g/mol. The largest absolute Gasteiger partial charge is 0.493 e. The van der Waals surface area contributed by atoms with Gasteiger partial charge < -0.3 is 10.1 Å². The molecule has 0 unspecified atom stereocenters. The van der Waals surface area contributed by atoms with E-state index >= 15 is 0 Å². The first-order valence-electron chi connectivity index (χ1n) is 6.10. The van der Waals surface area contributed by atoms with Crippen molar-refractivity contribution < 1.29 is 9.53 Å². The number of fused-ring (bicyclic) bond motifs is 1. The zero-order valence-electron chi connectivity index (χ0n) is 10.4. The van der Waals surface area contributed by atoms with E-state index in [2.05, 4.69) is 49.9 Å². The van der Waals surface area contributed by atoms with Crippen LogP contribution in [0.1, 0.15) is 21.5 Å². The Kier molecular flexibility index (Phi) is 4.32. The normalized spacial score (nSPS) is 12.9. The van der Waals surface area contributed by atoms with Gasteiger partial charge in [0.15, 0.2) is 0 Å². The van der Waals surface area contributed by atoms with Crippen LogP contribution in [0.15, 0.2) is 28.1 Å². The van der Waals surface area contributed by atoms with Crippen LogP contribution in [0.5, 0.6) is 5.75 Å². The Morgan fingerprint density at radius 3 is 3.05 bits per heavy atom. The van der Waals surface area contributed by atoms with Crippen molar-refractivity contribution in [2.24, 2.45) is 0 Å². The Morgan fingerprint density at radius 2 is 2.30 bits per heavy atom. The predicted octanol–water partition coefficient (Wildman–Crippen LogP) is 3.98. The van der Waals surface area contributed by atoms with Gasteiger partial charge in [0, 0.05) is 28.4 Å². The molecule has 0 bridgehead atoms. The number of nitrogens with one attached hydrogen (secondary N) is 1. The lowest BCUT2D eigenvalue weighted by Crippen LogP contribution is -2.22. The van der Waals surface area contributed by atoms with E-state index in [1.165, 1.54) is 5.56 Å². The number of thiophene rings is 1. The Hall–Kier alpha value is -0.600. The van der Waals surface area contributed by atoms with E-state index in [1.54, 1.807) is 11.3 Å². The fraction of sp³-hybridized carbons (Fsp3) is 0.214. The molecule has 3 rings (SSSR count). The molecule has 0 spiro atoms. The molecule has 1 aliphatic rings. The third-order valence-electron chi connectivity index (χ3n) is 3.09. The van der Waals surface area contributed by atoms with Crippen LogP contribution >= 0.6 is 49.9 Å². The molecule has 1 aliphatic heterocycles. The number of carbonyl (C=O) groups is 1. The molecule has 1 N–H and O–H groups in total. The highest BCUT2D eigenvalue weighted by Gasteiger charge is 2.18. The molecular formula is C14H11BrINO2S. The standard InChI is InChI=1S/C14H11BrINO2S/c15-11-3-8-1-2-19-13(8)9(4-11)6-17-14(18)10-5-12(16)20-7-10/h3-5,7H,1-2,6H2,(H,17,18). The fourth-order valence-electron chi connectivity index (χ4n) is 2.18. The van der Waals surface area contributed by atoms with E-state index in [-0.39, 0.29) is 5.91 Å². The molecule has 2 heterocycles. The number of hydrogen-bond donors (Lipinski definition) is 1. The monoisotopic (exact) mass is 463 g/mol. The molecule has 0 saturated carbocycles. The lowest BCUT2D eigenvalue weighted by Gasteiger charge is -2.10. The van der Waals surface area contributed by atoms with Crippen LogP contribution in [-0.4, -0.2) is 12.5 Å². The molecule has 3 nitrogen and oxygen atoms in total. The Balaban J connectivity index is 1.74. The van der Waals surface area contributed by atoms with Gasteiger partial charge in [-0.25, -0.2) is 0 Å². The summed E-state index contributed by atoms with van der Waals surface area (Å²) < 4.78 is 7.79. The first kappa shape index (κ1) is 14.3. The van der Waals surface area contributed by atoms with Crippen molar-refractivity contribution in [2.45, 2.75) is 13.0 Å². The fourth-order valence-corrected chi connectivity index (χ4v) is 4.06. The average Bonchev–Trinajstić information content (AvgIpc) is 3.03. The number of amides is 1. The van der Waals surface area contributed by atoms with Crippen LogP contribution in [0, 0.1) is 2.88 Å². The number of rotatable bonds is 3. The minimum Gasteiger partial charge on any atom is -0.493 e. The summed E-state index contributed by atoms with van der Waals surface area (Å²) in [6.07, 6.45) is 0.929. The van der Waals surface area contributed by atoms with E-state index in [0.717, 1.165) is 31.7 Å². The topological polar surface area (TPSA) is 38.3 Å². The van der Waals surface area contributed by atoms with Gasteiger partial charge in [-0.2, -0.15) is 0 Å². The van der Waals surface area contributed by atoms with Crippen LogP contribution in [0.25, 0.3) is 0 Å². The third-order valence-corrected chi connectivity index (χ3v) is 5.34. The zero-order valence-corrected chi connectivity index (χ0v) is 15.0. The molecule has 1 aromatic carbocycles. The van der Waals surface area contributed by atoms with Crippen LogP contribution in [-0.2, 0) is 13.0 Å². The summed E-state index contributed by atoms with van der Waals surface area (Å²) >= 11 is 7.29. The van der Waals surface area contributed by atoms with Crippen molar-refractivity contribution in [3.05, 3.63) is 47.6 Å². The Morgan fingerprint density at radius 1 is 1.45 bits per heavy atom. The van der Waals surface area contributed by atoms with Crippen LogP contribution in [0.3, 0.4) is 0 Å². The quantitative estimate of drug-likeness (QED) is 0.699. The Bertz CT molecular complexity index is 671. The van der Waals surface area contributed by atoms with Gasteiger partial charge in [-0.05, 0) is 46.4 Å². The molecule has 0 atom stereocenters. The highest BCUT2D eigenvalue weighted by Crippen LogP contribution is 2.32. The maximum absolute atomic E-state index is 12.1. The molecule has 0 radical (unpaired) electrons. The third kappa shape index (κ3) is 3.01. The second-order valence-corrected chi connectivity index (χ2v) is 8.19. The minimum atomic E-state index is -0.0455. The van der Waals surface area contributed by atoms with Crippen LogP contribution in [0.2, 0.25) is 0 Å². The molecule has 104 valence electrons. The van der Waals surface area contributed by atoms with Gasteiger partial charge in [0.25, 0.3) is 5.91 Å². The van der Waals surface area contributed by atoms with Gasteiger partial charge in [-0.3, -0.25) is 4.79 Å². The molecule has 20 heavy (non-hydrogen) atoms. The summed E-state index contributed by atoms with van der Waals surface area (Å²) in [5.41, 5.74) is 2.94. The number of carbonyl (C=O) groups excluding carboxylic acids is 1. The highest BCUT2D eigenvalue weighted by molar-refractivity contribution is 14.1. The summed E-state index contributed by atoms with van der Waals surface area (Å²) in [5.74, 6) is 0.879. The first-order chi connectivity index (χ1) is 9.63. The molecule has 0 saturated heterocycles. The van der Waals surface area contributed by atoms with Crippen LogP contribution in [0.4, 0.5) is 0 Å². The van der Waals surface area contributed by atoms with Crippen molar-refractivity contribution in [3.63, 3.8) is 0 Å². The Labute approximate surface area is 143 Å². The summed E-state index contributed by atoms with van der Waals surface area (Å²) in [5, 5.41) is 4.82. The van der Waals surface area contributed by atoms with E-state index in [4.69, 9.17) is 4.74 Å². The second-order valence-electron chi connectivity index (χ2n) is 4.47. The maximum atomic E-state index is 12.1. The van der Waals surface area contributed by atoms with Crippen LogP contribution < -0.4 is 10.1 Å². The van der Waals surface area contributed by atoms with E-state index in [1.807, 2.05) is 17.5 Å². The predicted molar refractivity (Wildman–Crippen MR) is 91.5 cm³/mol. The first-order valence-corrected chi connectivity index (χ1v) is 8.85. The molecule has 0 fully saturated rings. The van der Waals surface area contributed by atoms with Gasteiger partial charge in [0.2, 0.25) is 0 Å². The minimum absolute atomic E-state index is 0.0455. The van der Waals surface area contributed by atoms with Crippen molar-refractivity contribution in [3.8, 4) is 5.75 Å². The van der Waals surface area contributed by atoms with Crippen molar-refractivity contribution in [2.75, 3.05) is 6.61 Å². The molecule has 1 aromatic heterocycles. The molecule has 2 aromatic rings. The summed E-state index contributed by atoms with van der Waals surface area (Å²) in [6.45, 7) is 1.20. The summed E-state index contributed by atoms with van der Waals surface area (Å²) in [4.78, 5) is 12.1. The summed E-state index contributed by atoms with van der Waals surface area (Å²) in [7, 11) is 0. The van der Waals surface area contributed by atoms with Gasteiger partial charge in [-0.1, -0.05) is 15.9 Å². The molecular weight excluding hydrogens is 453 g/mol. The molecule has 6 heteroatoms. The molecule has 0 aliphatic carbocycles. The van der Waals surface area contributed by atoms with E-state index in [0.29, 0.717) is 12.1 Å². The smallest absolute Gasteiger partial charge is 0.252 e. The van der Waals surface area contributed by atoms with Gasteiger partial charge in [-0.15, -0.1) is 11.3 Å². The molecule has 1 amide bonds. The number of ether oxygens (including phenoxy) is 1. The lowest BCUT2D eigenvalue weighted by molar-refractivity contribution is 0.0951. The zero-order chi connectivity index (χ0) is 14.1. The number of halogens is 2. The van der Waals surface area contributed by atoms with Crippen molar-refractivity contribution >= 4 is 55.8 Å². The second kappa shape index (κ2) is 6.03. The summed E-state index contributed by atoms with van der Waals surface area (Å²) in [6, 6.07) is 5.97. The van der Waals surface area contributed by atoms with Crippen molar-refractivity contribution in [1.29, 1.82) is 0 Å². The van der Waals surface area contributed by atoms with E-state index < -0.39 is 0 Å². The van der Waals surface area contributed by atoms with Gasteiger partial charge in [0.1, 0.15) is 5.75 Å². The SMILES string of the molecule is O=C(NCc1cc(Br)cc2c1OCC2)c1csc(I)c1. The van der Waals surface area contributed by atoms with Gasteiger partial charge in [0.05, 0.1) is 15.1 Å². The lowest BCUT2D eigenvalue weighted by atomic mass is 10.1.